The molecule has 0 spiro atoms. The van der Waals surface area contributed by atoms with Crippen LogP contribution in [0.25, 0.3) is 0 Å². The van der Waals surface area contributed by atoms with Crippen LogP contribution in [0.2, 0.25) is 0 Å². The fourth-order valence-electron chi connectivity index (χ4n) is 3.53. The number of rotatable bonds is 8. The zero-order chi connectivity index (χ0) is 22.2. The first kappa shape index (κ1) is 22.5. The molecule has 0 N–H and O–H groups in total. The van der Waals surface area contributed by atoms with Crippen molar-refractivity contribution < 1.29 is 19.0 Å². The summed E-state index contributed by atoms with van der Waals surface area (Å²) in [7, 11) is 0. The van der Waals surface area contributed by atoms with E-state index in [4.69, 9.17) is 14.2 Å². The van der Waals surface area contributed by atoms with Gasteiger partial charge >= 0.3 is 5.97 Å². The summed E-state index contributed by atoms with van der Waals surface area (Å²) in [4.78, 5) is 15.3. The summed E-state index contributed by atoms with van der Waals surface area (Å²) in [6.45, 7) is 4.58. The first-order valence-electron chi connectivity index (χ1n) is 10.7. The third kappa shape index (κ3) is 6.19. The second-order valence-corrected chi connectivity index (χ2v) is 8.52. The summed E-state index contributed by atoms with van der Waals surface area (Å²) in [5.41, 5.74) is 3.45. The van der Waals surface area contributed by atoms with Crippen LogP contribution in [-0.4, -0.2) is 37.2 Å². The van der Waals surface area contributed by atoms with Gasteiger partial charge in [-0.1, -0.05) is 76.6 Å². The number of halogens is 1. The van der Waals surface area contributed by atoms with Gasteiger partial charge in [0.25, 0.3) is 0 Å². The van der Waals surface area contributed by atoms with Crippen molar-refractivity contribution in [1.82, 2.24) is 4.90 Å². The molecule has 0 saturated carbocycles. The maximum Gasteiger partial charge on any atom is 0.342 e. The molecule has 0 radical (unpaired) electrons. The van der Waals surface area contributed by atoms with Gasteiger partial charge in [-0.05, 0) is 28.8 Å². The Bertz CT molecular complexity index is 1020. The van der Waals surface area contributed by atoms with Crippen LogP contribution < -0.4 is 4.74 Å². The van der Waals surface area contributed by atoms with E-state index in [2.05, 4.69) is 20.8 Å². The number of esters is 1. The minimum absolute atomic E-state index is 0.213. The van der Waals surface area contributed by atoms with Crippen molar-refractivity contribution in [2.45, 2.75) is 19.8 Å². The quantitative estimate of drug-likeness (QED) is 0.401. The number of morpholine rings is 1. The lowest BCUT2D eigenvalue weighted by atomic mass is 10.1. The van der Waals surface area contributed by atoms with Gasteiger partial charge in [-0.25, -0.2) is 4.79 Å². The van der Waals surface area contributed by atoms with Crippen LogP contribution in [0.3, 0.4) is 0 Å². The van der Waals surface area contributed by atoms with E-state index >= 15 is 0 Å². The lowest BCUT2D eigenvalue weighted by Gasteiger charge is -2.27. The van der Waals surface area contributed by atoms with Gasteiger partial charge in [-0.3, -0.25) is 4.90 Å². The summed E-state index contributed by atoms with van der Waals surface area (Å²) >= 11 is 3.65. The smallest absolute Gasteiger partial charge is 0.342 e. The molecular formula is C26H26BrNO4. The molecule has 1 heterocycles. The fraction of sp³-hybridized carbons (Fsp3) is 0.269. The van der Waals surface area contributed by atoms with Crippen molar-refractivity contribution in [3.63, 3.8) is 0 Å². The average Bonchev–Trinajstić information content (AvgIpc) is 2.84. The molecule has 3 aromatic carbocycles. The molecule has 0 atom stereocenters. The molecule has 6 heteroatoms. The molecule has 166 valence electrons. The molecule has 0 amide bonds. The van der Waals surface area contributed by atoms with Gasteiger partial charge in [0.05, 0.1) is 13.2 Å². The molecule has 1 aliphatic heterocycles. The number of hydrogen-bond donors (Lipinski definition) is 0. The number of hydrogen-bond acceptors (Lipinski definition) is 5. The van der Waals surface area contributed by atoms with Crippen molar-refractivity contribution in [3.8, 4) is 5.75 Å². The summed E-state index contributed by atoms with van der Waals surface area (Å²) in [6, 6.07) is 23.3. The Morgan fingerprint density at radius 1 is 0.906 bits per heavy atom. The van der Waals surface area contributed by atoms with E-state index in [0.29, 0.717) is 17.9 Å². The molecule has 32 heavy (non-hydrogen) atoms. The second kappa shape index (κ2) is 11.3. The highest BCUT2D eigenvalue weighted by molar-refractivity contribution is 9.10. The Morgan fingerprint density at radius 3 is 2.19 bits per heavy atom. The van der Waals surface area contributed by atoms with Gasteiger partial charge < -0.3 is 14.2 Å². The summed E-state index contributed by atoms with van der Waals surface area (Å²) in [5, 5.41) is 0. The van der Waals surface area contributed by atoms with E-state index in [1.54, 1.807) is 0 Å². The van der Waals surface area contributed by atoms with Crippen LogP contribution in [0.4, 0.5) is 0 Å². The van der Waals surface area contributed by atoms with Crippen LogP contribution in [-0.2, 0) is 29.2 Å². The van der Waals surface area contributed by atoms with E-state index in [0.717, 1.165) is 54.0 Å². The summed E-state index contributed by atoms with van der Waals surface area (Å²) in [5.74, 6) is 0.119. The highest BCUT2D eigenvalue weighted by atomic mass is 79.9. The third-order valence-corrected chi connectivity index (χ3v) is 6.05. The molecular weight excluding hydrogens is 470 g/mol. The van der Waals surface area contributed by atoms with E-state index in [9.17, 15) is 4.79 Å². The normalized spacial score (nSPS) is 14.2. The van der Waals surface area contributed by atoms with Crippen molar-refractivity contribution in [1.29, 1.82) is 0 Å². The predicted molar refractivity (Wildman–Crippen MR) is 127 cm³/mol. The topological polar surface area (TPSA) is 48.0 Å². The van der Waals surface area contributed by atoms with Gasteiger partial charge in [0.2, 0.25) is 0 Å². The highest BCUT2D eigenvalue weighted by Gasteiger charge is 2.20. The highest BCUT2D eigenvalue weighted by Crippen LogP contribution is 2.30. The minimum Gasteiger partial charge on any atom is -0.488 e. The Labute approximate surface area is 197 Å². The van der Waals surface area contributed by atoms with Crippen LogP contribution in [0.1, 0.15) is 27.0 Å². The molecule has 1 saturated heterocycles. The molecule has 1 aliphatic rings. The average molecular weight is 496 g/mol. The van der Waals surface area contributed by atoms with Gasteiger partial charge in [0.15, 0.2) is 0 Å². The van der Waals surface area contributed by atoms with Gasteiger partial charge in [-0.15, -0.1) is 0 Å². The first-order chi connectivity index (χ1) is 15.7. The zero-order valence-electron chi connectivity index (χ0n) is 17.8. The molecule has 0 aromatic heterocycles. The fourth-order valence-corrected chi connectivity index (χ4v) is 4.00. The number of nitrogens with zero attached hydrogens (tertiary/aromatic N) is 1. The monoisotopic (exact) mass is 495 g/mol. The number of carbonyl (C=O) groups is 1. The maximum atomic E-state index is 13.0. The van der Waals surface area contributed by atoms with Crippen LogP contribution in [0, 0.1) is 0 Å². The Morgan fingerprint density at radius 2 is 1.53 bits per heavy atom. The minimum atomic E-state index is -0.407. The van der Waals surface area contributed by atoms with Crippen molar-refractivity contribution in [2.75, 3.05) is 26.3 Å². The molecule has 5 nitrogen and oxygen atoms in total. The Balaban J connectivity index is 1.54. The van der Waals surface area contributed by atoms with Crippen molar-refractivity contribution in [2.24, 2.45) is 0 Å². The Hall–Kier alpha value is -2.67. The SMILES string of the molecule is O=C(OCc1ccccc1)c1cc(Br)c(CN2CCOCC2)cc1OCc1ccccc1. The number of carbonyl (C=O) groups excluding carboxylic acids is 1. The van der Waals surface area contributed by atoms with E-state index in [1.165, 1.54) is 0 Å². The summed E-state index contributed by atoms with van der Waals surface area (Å²) in [6.07, 6.45) is 0. The zero-order valence-corrected chi connectivity index (χ0v) is 19.4. The molecule has 0 bridgehead atoms. The van der Waals surface area contributed by atoms with Crippen LogP contribution in [0.15, 0.2) is 77.3 Å². The van der Waals surface area contributed by atoms with Crippen molar-refractivity contribution >= 4 is 21.9 Å². The standard InChI is InChI=1S/C26H26BrNO4/c27-24-16-23(26(29)32-19-21-9-5-2-6-10-21)25(31-18-20-7-3-1-4-8-20)15-22(24)17-28-11-13-30-14-12-28/h1-10,15-16H,11-14,17-19H2. The summed E-state index contributed by atoms with van der Waals surface area (Å²) < 4.78 is 18.0. The van der Waals surface area contributed by atoms with E-state index in [1.807, 2.05) is 72.8 Å². The largest absolute Gasteiger partial charge is 0.488 e. The molecule has 0 unspecified atom stereocenters. The predicted octanol–water partition coefficient (Wildman–Crippen LogP) is 5.22. The second-order valence-electron chi connectivity index (χ2n) is 7.66. The van der Waals surface area contributed by atoms with Gasteiger partial charge in [0.1, 0.15) is 24.5 Å². The van der Waals surface area contributed by atoms with Gasteiger partial charge in [-0.2, -0.15) is 0 Å². The molecule has 1 fully saturated rings. The van der Waals surface area contributed by atoms with Gasteiger partial charge in [0, 0.05) is 24.1 Å². The van der Waals surface area contributed by atoms with Crippen molar-refractivity contribution in [3.05, 3.63) is 99.5 Å². The number of ether oxygens (including phenoxy) is 3. The molecule has 3 aromatic rings. The van der Waals surface area contributed by atoms with E-state index < -0.39 is 5.97 Å². The first-order valence-corrected chi connectivity index (χ1v) is 11.5. The third-order valence-electron chi connectivity index (χ3n) is 5.32. The molecule has 4 rings (SSSR count). The maximum absolute atomic E-state index is 13.0. The lowest BCUT2D eigenvalue weighted by Crippen LogP contribution is -2.35. The van der Waals surface area contributed by atoms with E-state index in [-0.39, 0.29) is 6.61 Å². The van der Waals surface area contributed by atoms with Crippen LogP contribution >= 0.6 is 15.9 Å². The van der Waals surface area contributed by atoms with Crippen LogP contribution in [0.5, 0.6) is 5.75 Å². The number of benzene rings is 3. The molecule has 0 aliphatic carbocycles. The lowest BCUT2D eigenvalue weighted by molar-refractivity contribution is 0.0340. The Kier molecular flexibility index (Phi) is 7.93.